The summed E-state index contributed by atoms with van der Waals surface area (Å²) in [5, 5.41) is 2.89. The summed E-state index contributed by atoms with van der Waals surface area (Å²) in [4.78, 5) is 12.0. The van der Waals surface area contributed by atoms with E-state index in [0.717, 1.165) is 6.54 Å². The van der Waals surface area contributed by atoms with Crippen LogP contribution in [0.25, 0.3) is 0 Å². The van der Waals surface area contributed by atoms with E-state index in [0.29, 0.717) is 11.5 Å². The van der Waals surface area contributed by atoms with Gasteiger partial charge in [-0.05, 0) is 37.0 Å². The summed E-state index contributed by atoms with van der Waals surface area (Å²) in [5.74, 6) is 0.0581. The third kappa shape index (κ3) is 3.22. The predicted molar refractivity (Wildman–Crippen MR) is 67.9 cm³/mol. The molecular weight excluding hydrogens is 237 g/mol. The van der Waals surface area contributed by atoms with Crippen LogP contribution >= 0.6 is 12.6 Å². The molecule has 4 heteroatoms. The van der Waals surface area contributed by atoms with Crippen LogP contribution in [-0.4, -0.2) is 12.5 Å². The molecule has 0 spiro atoms. The lowest BCUT2D eigenvalue weighted by molar-refractivity contribution is 0.0947. The summed E-state index contributed by atoms with van der Waals surface area (Å²) < 4.78 is 13.0. The molecule has 1 saturated carbocycles. The Hall–Kier alpha value is -1.03. The zero-order chi connectivity index (χ0) is 12.3. The lowest BCUT2D eigenvalue weighted by atomic mass is 10.1. The van der Waals surface area contributed by atoms with Crippen molar-refractivity contribution in [2.45, 2.75) is 30.6 Å². The Kier molecular flexibility index (Phi) is 4.05. The van der Waals surface area contributed by atoms with Gasteiger partial charge in [0.15, 0.2) is 0 Å². The van der Waals surface area contributed by atoms with Crippen LogP contribution in [0.5, 0.6) is 0 Å². The van der Waals surface area contributed by atoms with Crippen molar-refractivity contribution in [3.63, 3.8) is 0 Å². The number of hydrogen-bond acceptors (Lipinski definition) is 2. The van der Waals surface area contributed by atoms with E-state index in [4.69, 9.17) is 0 Å². The van der Waals surface area contributed by atoms with Gasteiger partial charge in [0.25, 0.3) is 5.91 Å². The van der Waals surface area contributed by atoms with Crippen molar-refractivity contribution in [3.8, 4) is 0 Å². The second kappa shape index (κ2) is 5.54. The molecule has 0 saturated heterocycles. The van der Waals surface area contributed by atoms with Crippen LogP contribution < -0.4 is 5.32 Å². The van der Waals surface area contributed by atoms with Gasteiger partial charge < -0.3 is 5.32 Å². The average Bonchev–Trinajstić information content (AvgIpc) is 2.82. The zero-order valence-electron chi connectivity index (χ0n) is 9.58. The van der Waals surface area contributed by atoms with E-state index in [9.17, 15) is 9.18 Å². The fourth-order valence-corrected chi connectivity index (χ4v) is 2.42. The summed E-state index contributed by atoms with van der Waals surface area (Å²) in [6.07, 6.45) is 4.92. The van der Waals surface area contributed by atoms with Crippen LogP contribution in [0.2, 0.25) is 0 Å². The Labute approximate surface area is 106 Å². The van der Waals surface area contributed by atoms with Crippen LogP contribution in [0.15, 0.2) is 23.1 Å². The van der Waals surface area contributed by atoms with Gasteiger partial charge in [0.2, 0.25) is 0 Å². The Morgan fingerprint density at radius 3 is 2.76 bits per heavy atom. The molecule has 1 aromatic rings. The van der Waals surface area contributed by atoms with Crippen molar-refractivity contribution in [3.05, 3.63) is 29.6 Å². The molecule has 1 fully saturated rings. The van der Waals surface area contributed by atoms with E-state index in [1.807, 2.05) is 0 Å². The number of carbonyl (C=O) groups excluding carboxylic acids is 1. The fourth-order valence-electron chi connectivity index (χ4n) is 2.21. The largest absolute Gasteiger partial charge is 0.352 e. The molecule has 1 amide bonds. The van der Waals surface area contributed by atoms with Crippen molar-refractivity contribution in [2.24, 2.45) is 5.92 Å². The maximum atomic E-state index is 13.0. The third-order valence-corrected chi connectivity index (χ3v) is 3.58. The van der Waals surface area contributed by atoms with E-state index in [2.05, 4.69) is 17.9 Å². The molecule has 2 rings (SSSR count). The minimum absolute atomic E-state index is 0.146. The molecule has 1 N–H and O–H groups in total. The Bertz CT molecular complexity index is 416. The third-order valence-electron chi connectivity index (χ3n) is 3.23. The first kappa shape index (κ1) is 12.4. The molecule has 0 atom stereocenters. The van der Waals surface area contributed by atoms with Crippen molar-refractivity contribution in [1.82, 2.24) is 5.32 Å². The van der Waals surface area contributed by atoms with Gasteiger partial charge in [-0.25, -0.2) is 4.39 Å². The van der Waals surface area contributed by atoms with Crippen molar-refractivity contribution in [1.29, 1.82) is 0 Å². The summed E-state index contributed by atoms with van der Waals surface area (Å²) in [5.41, 5.74) is 0.467. The molecule has 1 aliphatic rings. The van der Waals surface area contributed by atoms with Gasteiger partial charge in [-0.2, -0.15) is 0 Å². The topological polar surface area (TPSA) is 29.1 Å². The van der Waals surface area contributed by atoms with E-state index in [1.165, 1.54) is 43.9 Å². The Morgan fingerprint density at radius 1 is 1.41 bits per heavy atom. The first-order chi connectivity index (χ1) is 8.16. The minimum atomic E-state index is -0.402. The van der Waals surface area contributed by atoms with Gasteiger partial charge >= 0.3 is 0 Å². The van der Waals surface area contributed by atoms with Crippen LogP contribution in [0.4, 0.5) is 4.39 Å². The van der Waals surface area contributed by atoms with Crippen LogP contribution in [0.1, 0.15) is 36.0 Å². The normalized spacial score (nSPS) is 16.1. The number of benzene rings is 1. The molecule has 0 radical (unpaired) electrons. The highest BCUT2D eigenvalue weighted by Gasteiger charge is 2.16. The molecule has 0 heterocycles. The molecule has 1 aromatic carbocycles. The predicted octanol–water partition coefficient (Wildman–Crippen LogP) is 3.03. The minimum Gasteiger partial charge on any atom is -0.352 e. The van der Waals surface area contributed by atoms with Crippen molar-refractivity contribution in [2.75, 3.05) is 6.54 Å². The SMILES string of the molecule is O=C(NCC1CCCC1)c1ccc(F)c(S)c1. The quantitative estimate of drug-likeness (QED) is 0.797. The lowest BCUT2D eigenvalue weighted by Gasteiger charge is -2.10. The van der Waals surface area contributed by atoms with Crippen LogP contribution in [0, 0.1) is 11.7 Å². The Morgan fingerprint density at radius 2 is 2.12 bits per heavy atom. The van der Waals surface area contributed by atoms with E-state index in [1.54, 1.807) is 0 Å². The van der Waals surface area contributed by atoms with E-state index < -0.39 is 5.82 Å². The highest BCUT2D eigenvalue weighted by molar-refractivity contribution is 7.80. The molecule has 2 nitrogen and oxygen atoms in total. The summed E-state index contributed by atoms with van der Waals surface area (Å²) in [6.45, 7) is 0.720. The fraction of sp³-hybridized carbons (Fsp3) is 0.462. The molecule has 0 bridgehead atoms. The number of amides is 1. The van der Waals surface area contributed by atoms with Crippen molar-refractivity contribution < 1.29 is 9.18 Å². The molecule has 0 unspecified atom stereocenters. The lowest BCUT2D eigenvalue weighted by Crippen LogP contribution is -2.28. The van der Waals surface area contributed by atoms with E-state index in [-0.39, 0.29) is 10.8 Å². The van der Waals surface area contributed by atoms with Gasteiger partial charge in [-0.15, -0.1) is 12.6 Å². The molecule has 1 aliphatic carbocycles. The summed E-state index contributed by atoms with van der Waals surface area (Å²) in [6, 6.07) is 4.22. The number of hydrogen-bond donors (Lipinski definition) is 2. The second-order valence-electron chi connectivity index (χ2n) is 4.53. The number of rotatable bonds is 3. The zero-order valence-corrected chi connectivity index (χ0v) is 10.5. The number of nitrogens with one attached hydrogen (secondary N) is 1. The average molecular weight is 253 g/mol. The molecule has 92 valence electrons. The summed E-state index contributed by atoms with van der Waals surface area (Å²) >= 11 is 3.96. The summed E-state index contributed by atoms with van der Waals surface area (Å²) in [7, 11) is 0. The maximum Gasteiger partial charge on any atom is 0.251 e. The molecule has 0 aromatic heterocycles. The highest BCUT2D eigenvalue weighted by Crippen LogP contribution is 2.23. The van der Waals surface area contributed by atoms with Crippen LogP contribution in [-0.2, 0) is 0 Å². The molecule has 0 aliphatic heterocycles. The molecule has 17 heavy (non-hydrogen) atoms. The van der Waals surface area contributed by atoms with Crippen LogP contribution in [0.3, 0.4) is 0 Å². The van der Waals surface area contributed by atoms with Gasteiger partial charge in [0, 0.05) is 17.0 Å². The first-order valence-electron chi connectivity index (χ1n) is 5.93. The number of halogens is 1. The van der Waals surface area contributed by atoms with E-state index >= 15 is 0 Å². The van der Waals surface area contributed by atoms with Gasteiger partial charge in [0.1, 0.15) is 5.82 Å². The van der Waals surface area contributed by atoms with Crippen molar-refractivity contribution >= 4 is 18.5 Å². The monoisotopic (exact) mass is 253 g/mol. The maximum absolute atomic E-state index is 13.0. The van der Waals surface area contributed by atoms with Gasteiger partial charge in [-0.3, -0.25) is 4.79 Å². The second-order valence-corrected chi connectivity index (χ2v) is 5.01. The molecular formula is C13H16FNOS. The number of thiol groups is 1. The Balaban J connectivity index is 1.92. The van der Waals surface area contributed by atoms with Gasteiger partial charge in [-0.1, -0.05) is 12.8 Å². The number of carbonyl (C=O) groups is 1. The first-order valence-corrected chi connectivity index (χ1v) is 6.38. The standard InChI is InChI=1S/C13H16FNOS/c14-11-6-5-10(7-12(11)17)13(16)15-8-9-3-1-2-4-9/h5-7,9,17H,1-4,8H2,(H,15,16). The highest BCUT2D eigenvalue weighted by atomic mass is 32.1. The van der Waals surface area contributed by atoms with Gasteiger partial charge in [0.05, 0.1) is 0 Å². The smallest absolute Gasteiger partial charge is 0.251 e.